The largest absolute Gasteiger partial charge is 0.348 e. The van der Waals surface area contributed by atoms with Crippen LogP contribution in [0.15, 0.2) is 48.1 Å². The molecule has 3 aliphatic rings. The fraction of sp³-hybridized carbons (Fsp3) is 0.435. The Bertz CT molecular complexity index is 1040. The minimum Gasteiger partial charge on any atom is -0.348 e. The van der Waals surface area contributed by atoms with E-state index in [2.05, 4.69) is 36.2 Å². The van der Waals surface area contributed by atoms with Crippen LogP contribution in [0, 0.1) is 23.2 Å². The molecule has 150 valence electrons. The van der Waals surface area contributed by atoms with Crippen LogP contribution >= 0.6 is 11.3 Å². The number of rotatable bonds is 4. The van der Waals surface area contributed by atoms with Crippen LogP contribution in [0.4, 0.5) is 0 Å². The van der Waals surface area contributed by atoms with Gasteiger partial charge in [0.1, 0.15) is 10.7 Å². The normalized spacial score (nSPS) is 27.3. The summed E-state index contributed by atoms with van der Waals surface area (Å²) in [5, 5.41) is 10.4. The molecule has 0 spiro atoms. The summed E-state index contributed by atoms with van der Waals surface area (Å²) in [4.78, 5) is 17.4. The number of hydrogen-bond acceptors (Lipinski definition) is 4. The van der Waals surface area contributed by atoms with E-state index in [0.717, 1.165) is 28.6 Å². The van der Waals surface area contributed by atoms with Crippen molar-refractivity contribution in [1.29, 1.82) is 0 Å². The highest BCUT2D eigenvalue weighted by molar-refractivity contribution is 7.13. The predicted molar refractivity (Wildman–Crippen MR) is 115 cm³/mol. The number of amides is 1. The van der Waals surface area contributed by atoms with Crippen LogP contribution in [-0.4, -0.2) is 26.7 Å². The Kier molecular flexibility index (Phi) is 4.35. The Balaban J connectivity index is 1.28. The van der Waals surface area contributed by atoms with Gasteiger partial charge in [0.05, 0.1) is 11.9 Å². The fourth-order valence-electron chi connectivity index (χ4n) is 5.25. The second-order valence-corrected chi connectivity index (χ2v) is 9.94. The molecule has 1 N–H and O–H groups in total. The summed E-state index contributed by atoms with van der Waals surface area (Å²) in [6.45, 7) is 7.04. The minimum atomic E-state index is -0.0566. The summed E-state index contributed by atoms with van der Waals surface area (Å²) < 4.78 is 1.83. The quantitative estimate of drug-likeness (QED) is 0.677. The van der Waals surface area contributed by atoms with Gasteiger partial charge < -0.3 is 5.32 Å². The van der Waals surface area contributed by atoms with Gasteiger partial charge in [-0.05, 0) is 48.1 Å². The van der Waals surface area contributed by atoms with Gasteiger partial charge in [0.15, 0.2) is 0 Å². The first-order valence-electron chi connectivity index (χ1n) is 10.3. The van der Waals surface area contributed by atoms with E-state index in [-0.39, 0.29) is 11.9 Å². The maximum Gasteiger partial charge on any atom is 0.271 e. The van der Waals surface area contributed by atoms with Crippen molar-refractivity contribution >= 4 is 17.2 Å². The molecule has 2 bridgehead atoms. The molecule has 29 heavy (non-hydrogen) atoms. The smallest absolute Gasteiger partial charge is 0.271 e. The van der Waals surface area contributed by atoms with E-state index in [0.29, 0.717) is 22.9 Å². The third-order valence-corrected chi connectivity index (χ3v) is 8.15. The van der Waals surface area contributed by atoms with Crippen molar-refractivity contribution < 1.29 is 4.79 Å². The number of thiazole rings is 1. The van der Waals surface area contributed by atoms with Gasteiger partial charge in [-0.3, -0.25) is 4.79 Å². The minimum absolute atomic E-state index is 0.0566. The first-order valence-corrected chi connectivity index (χ1v) is 11.2. The summed E-state index contributed by atoms with van der Waals surface area (Å²) in [7, 11) is 0. The van der Waals surface area contributed by atoms with Crippen molar-refractivity contribution in [2.45, 2.75) is 39.7 Å². The van der Waals surface area contributed by atoms with Crippen LogP contribution in [0.1, 0.15) is 44.1 Å². The van der Waals surface area contributed by atoms with Gasteiger partial charge in [-0.1, -0.05) is 39.0 Å². The van der Waals surface area contributed by atoms with Gasteiger partial charge in [0.2, 0.25) is 0 Å². The lowest BCUT2D eigenvalue weighted by Crippen LogP contribution is -2.60. The number of para-hydroxylation sites is 1. The Labute approximate surface area is 175 Å². The fourth-order valence-corrected chi connectivity index (χ4v) is 6.02. The molecular formula is C23H26N4OS. The molecular weight excluding hydrogens is 380 g/mol. The number of carbonyl (C=O) groups is 1. The van der Waals surface area contributed by atoms with Crippen LogP contribution in [0.5, 0.6) is 0 Å². The number of aromatic nitrogens is 3. The SMILES string of the molecule is CC1C(NC(=O)c2csc(-c3cnn(-c4ccccc4)c3)n2)CC2CC1C2(C)C. The van der Waals surface area contributed by atoms with Crippen molar-refractivity contribution in [3.05, 3.63) is 53.8 Å². The summed E-state index contributed by atoms with van der Waals surface area (Å²) in [6, 6.07) is 10.2. The van der Waals surface area contributed by atoms with E-state index >= 15 is 0 Å². The lowest BCUT2D eigenvalue weighted by atomic mass is 9.45. The number of fused-ring (bicyclic) bond motifs is 2. The first-order chi connectivity index (χ1) is 13.9. The standard InChI is InChI=1S/C23H26N4OS/c1-14-18-9-16(23(18,2)3)10-19(14)25-21(28)20-13-29-22(26-20)15-11-24-27(12-15)17-7-5-4-6-8-17/h4-8,11-14,16,18-19H,9-10H2,1-3H3,(H,25,28). The molecule has 5 nitrogen and oxygen atoms in total. The number of carbonyl (C=O) groups excluding carboxylic acids is 1. The molecule has 4 unspecified atom stereocenters. The lowest BCUT2D eigenvalue weighted by molar-refractivity contribution is -0.113. The highest BCUT2D eigenvalue weighted by Gasteiger charge is 2.56. The van der Waals surface area contributed by atoms with Gasteiger partial charge in [-0.25, -0.2) is 9.67 Å². The zero-order valence-corrected chi connectivity index (χ0v) is 17.8. The summed E-state index contributed by atoms with van der Waals surface area (Å²) in [6.07, 6.45) is 6.14. The predicted octanol–water partition coefficient (Wildman–Crippen LogP) is 4.80. The van der Waals surface area contributed by atoms with E-state index in [1.165, 1.54) is 17.8 Å². The van der Waals surface area contributed by atoms with Crippen LogP contribution in [0.25, 0.3) is 16.3 Å². The number of nitrogens with zero attached hydrogens (tertiary/aromatic N) is 3. The topological polar surface area (TPSA) is 59.8 Å². The second kappa shape index (κ2) is 6.80. The van der Waals surface area contributed by atoms with Crippen molar-refractivity contribution in [2.24, 2.45) is 23.2 Å². The van der Waals surface area contributed by atoms with Crippen LogP contribution < -0.4 is 5.32 Å². The second-order valence-electron chi connectivity index (χ2n) is 9.08. The Morgan fingerprint density at radius 2 is 2.03 bits per heavy atom. The molecule has 2 heterocycles. The average molecular weight is 407 g/mol. The Morgan fingerprint density at radius 1 is 1.24 bits per heavy atom. The van der Waals surface area contributed by atoms with Gasteiger partial charge >= 0.3 is 0 Å². The zero-order chi connectivity index (χ0) is 20.2. The summed E-state index contributed by atoms with van der Waals surface area (Å²) >= 11 is 1.49. The number of hydrogen-bond donors (Lipinski definition) is 1. The molecule has 1 aromatic carbocycles. The van der Waals surface area contributed by atoms with Gasteiger partial charge in [0.25, 0.3) is 5.91 Å². The maximum absolute atomic E-state index is 12.8. The van der Waals surface area contributed by atoms with Crippen molar-refractivity contribution in [3.63, 3.8) is 0 Å². The third kappa shape index (κ3) is 3.10. The molecule has 0 aliphatic heterocycles. The molecule has 2 aromatic heterocycles. The molecule has 1 amide bonds. The molecule has 3 aromatic rings. The van der Waals surface area contributed by atoms with E-state index in [4.69, 9.17) is 0 Å². The molecule has 4 atom stereocenters. The summed E-state index contributed by atoms with van der Waals surface area (Å²) in [5.74, 6) is 1.89. The van der Waals surface area contributed by atoms with Crippen LogP contribution in [-0.2, 0) is 0 Å². The van der Waals surface area contributed by atoms with Crippen molar-refractivity contribution in [1.82, 2.24) is 20.1 Å². The summed E-state index contributed by atoms with van der Waals surface area (Å²) in [5.41, 5.74) is 2.85. The molecule has 3 saturated carbocycles. The van der Waals surface area contributed by atoms with E-state index in [1.807, 2.05) is 46.6 Å². The molecule has 3 fully saturated rings. The lowest BCUT2D eigenvalue weighted by Gasteiger charge is -2.62. The van der Waals surface area contributed by atoms with Gasteiger partial charge in [-0.15, -0.1) is 11.3 Å². The molecule has 0 radical (unpaired) electrons. The van der Waals surface area contributed by atoms with Crippen molar-refractivity contribution in [3.8, 4) is 16.3 Å². The average Bonchev–Trinajstić information content (AvgIpc) is 3.39. The Morgan fingerprint density at radius 3 is 2.76 bits per heavy atom. The van der Waals surface area contributed by atoms with E-state index in [9.17, 15) is 4.79 Å². The zero-order valence-electron chi connectivity index (χ0n) is 17.0. The Hall–Kier alpha value is -2.47. The molecule has 0 saturated heterocycles. The molecule has 3 aliphatic carbocycles. The highest BCUT2D eigenvalue weighted by Crippen LogP contribution is 2.61. The highest BCUT2D eigenvalue weighted by atomic mass is 32.1. The molecule has 6 rings (SSSR count). The van der Waals surface area contributed by atoms with Crippen LogP contribution in [0.3, 0.4) is 0 Å². The number of nitrogens with one attached hydrogen (secondary N) is 1. The third-order valence-electron chi connectivity index (χ3n) is 7.26. The molecule has 6 heteroatoms. The van der Waals surface area contributed by atoms with Gasteiger partial charge in [0, 0.05) is 23.2 Å². The van der Waals surface area contributed by atoms with E-state index in [1.54, 1.807) is 6.20 Å². The van der Waals surface area contributed by atoms with Gasteiger partial charge in [-0.2, -0.15) is 5.10 Å². The first kappa shape index (κ1) is 18.6. The maximum atomic E-state index is 12.8. The number of benzene rings is 1. The van der Waals surface area contributed by atoms with E-state index < -0.39 is 0 Å². The monoisotopic (exact) mass is 406 g/mol. The van der Waals surface area contributed by atoms with Crippen LogP contribution in [0.2, 0.25) is 0 Å². The van der Waals surface area contributed by atoms with Crippen molar-refractivity contribution in [2.75, 3.05) is 0 Å².